The van der Waals surface area contributed by atoms with Gasteiger partial charge in [-0.3, -0.25) is 0 Å². The van der Waals surface area contributed by atoms with E-state index in [-0.39, 0.29) is 6.10 Å². The van der Waals surface area contributed by atoms with Gasteiger partial charge in [0.05, 0.1) is 13.2 Å². The molecule has 1 unspecified atom stereocenters. The summed E-state index contributed by atoms with van der Waals surface area (Å²) in [6.07, 6.45) is 0.916. The molecule has 0 bridgehead atoms. The number of hydrogen-bond donors (Lipinski definition) is 0. The first-order valence-electron chi connectivity index (χ1n) is 5.59. The molecule has 1 atom stereocenters. The number of rotatable bonds is 7. The van der Waals surface area contributed by atoms with Gasteiger partial charge in [0.25, 0.3) is 0 Å². The highest BCUT2D eigenvalue weighted by Crippen LogP contribution is 2.29. The maximum atomic E-state index is 5.82. The van der Waals surface area contributed by atoms with E-state index >= 15 is 0 Å². The number of methoxy groups -OCH3 is 2. The van der Waals surface area contributed by atoms with Crippen LogP contribution in [0.3, 0.4) is 0 Å². The summed E-state index contributed by atoms with van der Waals surface area (Å²) in [6, 6.07) is 5.71. The third-order valence-electron chi connectivity index (χ3n) is 2.44. The Morgan fingerprint density at radius 2 is 2.00 bits per heavy atom. The smallest absolute Gasteiger partial charge is 0.161 e. The SMILES string of the molecule is COCCC(C)Oc1cc(CCl)ccc1OC. The minimum absolute atomic E-state index is 0.0782. The van der Waals surface area contributed by atoms with E-state index in [9.17, 15) is 0 Å². The van der Waals surface area contributed by atoms with Crippen molar-refractivity contribution in [2.75, 3.05) is 20.8 Å². The van der Waals surface area contributed by atoms with Crippen LogP contribution in [-0.4, -0.2) is 26.9 Å². The summed E-state index contributed by atoms with van der Waals surface area (Å²) in [5.74, 6) is 1.92. The van der Waals surface area contributed by atoms with Crippen molar-refractivity contribution in [3.63, 3.8) is 0 Å². The molecule has 0 spiro atoms. The van der Waals surface area contributed by atoms with Crippen molar-refractivity contribution in [1.82, 2.24) is 0 Å². The summed E-state index contributed by atoms with van der Waals surface area (Å²) < 4.78 is 16.1. The monoisotopic (exact) mass is 258 g/mol. The second kappa shape index (κ2) is 7.41. The fourth-order valence-electron chi connectivity index (χ4n) is 1.46. The summed E-state index contributed by atoms with van der Waals surface area (Å²) >= 11 is 5.80. The van der Waals surface area contributed by atoms with E-state index in [4.69, 9.17) is 25.8 Å². The molecule has 0 aromatic heterocycles. The molecule has 0 radical (unpaired) electrons. The van der Waals surface area contributed by atoms with Gasteiger partial charge in [-0.1, -0.05) is 6.07 Å². The van der Waals surface area contributed by atoms with E-state index in [1.165, 1.54) is 0 Å². The van der Waals surface area contributed by atoms with Crippen LogP contribution < -0.4 is 9.47 Å². The van der Waals surface area contributed by atoms with Crippen molar-refractivity contribution >= 4 is 11.6 Å². The molecule has 3 nitrogen and oxygen atoms in total. The quantitative estimate of drug-likeness (QED) is 0.703. The van der Waals surface area contributed by atoms with Crippen LogP contribution in [0.15, 0.2) is 18.2 Å². The van der Waals surface area contributed by atoms with E-state index in [0.717, 1.165) is 23.5 Å². The average Bonchev–Trinajstić information content (AvgIpc) is 2.36. The van der Waals surface area contributed by atoms with Gasteiger partial charge < -0.3 is 14.2 Å². The number of halogens is 1. The molecule has 0 heterocycles. The van der Waals surface area contributed by atoms with E-state index in [1.54, 1.807) is 14.2 Å². The van der Waals surface area contributed by atoms with Gasteiger partial charge in [0.2, 0.25) is 0 Å². The highest BCUT2D eigenvalue weighted by molar-refractivity contribution is 6.17. The second-order valence-electron chi connectivity index (χ2n) is 3.83. The van der Waals surface area contributed by atoms with Crippen LogP contribution in [0.5, 0.6) is 11.5 Å². The second-order valence-corrected chi connectivity index (χ2v) is 4.10. The summed E-state index contributed by atoms with van der Waals surface area (Å²) in [5.41, 5.74) is 1.02. The highest BCUT2D eigenvalue weighted by Gasteiger charge is 2.09. The molecule has 0 aliphatic heterocycles. The van der Waals surface area contributed by atoms with Crippen molar-refractivity contribution in [2.24, 2.45) is 0 Å². The highest BCUT2D eigenvalue weighted by atomic mass is 35.5. The standard InChI is InChI=1S/C13H19ClO3/c1-10(6-7-15-2)17-13-8-11(9-14)4-5-12(13)16-3/h4-5,8,10H,6-7,9H2,1-3H3. The zero-order chi connectivity index (χ0) is 12.7. The number of alkyl halides is 1. The van der Waals surface area contributed by atoms with Crippen LogP contribution in [0, 0.1) is 0 Å². The van der Waals surface area contributed by atoms with Gasteiger partial charge >= 0.3 is 0 Å². The summed E-state index contributed by atoms with van der Waals surface area (Å²) in [4.78, 5) is 0. The summed E-state index contributed by atoms with van der Waals surface area (Å²) in [7, 11) is 3.31. The maximum Gasteiger partial charge on any atom is 0.161 e. The zero-order valence-corrected chi connectivity index (χ0v) is 11.3. The lowest BCUT2D eigenvalue weighted by atomic mass is 10.2. The Morgan fingerprint density at radius 3 is 2.59 bits per heavy atom. The molecule has 0 aliphatic carbocycles. The van der Waals surface area contributed by atoms with E-state index in [0.29, 0.717) is 12.5 Å². The first-order valence-corrected chi connectivity index (χ1v) is 6.13. The first-order chi connectivity index (χ1) is 8.21. The average molecular weight is 259 g/mol. The molecule has 96 valence electrons. The molecular weight excluding hydrogens is 240 g/mol. The molecule has 17 heavy (non-hydrogen) atoms. The van der Waals surface area contributed by atoms with Gasteiger partial charge in [0.15, 0.2) is 11.5 Å². The fourth-order valence-corrected chi connectivity index (χ4v) is 1.62. The predicted molar refractivity (Wildman–Crippen MR) is 69.1 cm³/mol. The minimum atomic E-state index is 0.0782. The molecule has 4 heteroatoms. The predicted octanol–water partition coefficient (Wildman–Crippen LogP) is 3.24. The van der Waals surface area contributed by atoms with Gasteiger partial charge in [-0.25, -0.2) is 0 Å². The van der Waals surface area contributed by atoms with Gasteiger partial charge in [0, 0.05) is 26.0 Å². The van der Waals surface area contributed by atoms with Crippen LogP contribution in [0.4, 0.5) is 0 Å². The van der Waals surface area contributed by atoms with Crippen LogP contribution in [0.2, 0.25) is 0 Å². The topological polar surface area (TPSA) is 27.7 Å². The van der Waals surface area contributed by atoms with Crippen molar-refractivity contribution in [3.8, 4) is 11.5 Å². The lowest BCUT2D eigenvalue weighted by Crippen LogP contribution is -2.14. The largest absolute Gasteiger partial charge is 0.493 e. The molecule has 1 aromatic carbocycles. The summed E-state index contributed by atoms with van der Waals surface area (Å²) in [5, 5.41) is 0. The lowest BCUT2D eigenvalue weighted by Gasteiger charge is -2.17. The van der Waals surface area contributed by atoms with Gasteiger partial charge in [-0.15, -0.1) is 11.6 Å². The molecular formula is C13H19ClO3. The molecule has 0 saturated carbocycles. The first kappa shape index (κ1) is 14.1. The van der Waals surface area contributed by atoms with Gasteiger partial charge in [-0.05, 0) is 24.6 Å². The van der Waals surface area contributed by atoms with Crippen molar-refractivity contribution < 1.29 is 14.2 Å². The Kier molecular flexibility index (Phi) is 6.16. The van der Waals surface area contributed by atoms with Crippen molar-refractivity contribution in [3.05, 3.63) is 23.8 Å². The summed E-state index contributed by atoms with van der Waals surface area (Å²) in [6.45, 7) is 2.69. The van der Waals surface area contributed by atoms with Crippen molar-refractivity contribution in [1.29, 1.82) is 0 Å². The Hall–Kier alpha value is -0.930. The molecule has 1 rings (SSSR count). The third kappa shape index (κ3) is 4.44. The molecule has 1 aromatic rings. The van der Waals surface area contributed by atoms with Crippen LogP contribution in [-0.2, 0) is 10.6 Å². The zero-order valence-electron chi connectivity index (χ0n) is 10.5. The molecule has 0 aliphatic rings. The van der Waals surface area contributed by atoms with E-state index < -0.39 is 0 Å². The number of ether oxygens (including phenoxy) is 3. The Labute approximate surface area is 108 Å². The van der Waals surface area contributed by atoms with E-state index in [1.807, 2.05) is 25.1 Å². The third-order valence-corrected chi connectivity index (χ3v) is 2.75. The molecule has 0 N–H and O–H groups in total. The van der Waals surface area contributed by atoms with Crippen LogP contribution in [0.1, 0.15) is 18.9 Å². The molecule has 0 fully saturated rings. The Morgan fingerprint density at radius 1 is 1.24 bits per heavy atom. The molecule has 0 saturated heterocycles. The Balaban J connectivity index is 2.72. The van der Waals surface area contributed by atoms with Gasteiger partial charge in [0.1, 0.15) is 0 Å². The number of benzene rings is 1. The van der Waals surface area contributed by atoms with Crippen LogP contribution >= 0.6 is 11.6 Å². The van der Waals surface area contributed by atoms with E-state index in [2.05, 4.69) is 0 Å². The lowest BCUT2D eigenvalue weighted by molar-refractivity contribution is 0.132. The van der Waals surface area contributed by atoms with Crippen molar-refractivity contribution in [2.45, 2.75) is 25.3 Å². The maximum absolute atomic E-state index is 5.82. The Bertz CT molecular complexity index is 341. The van der Waals surface area contributed by atoms with Crippen LogP contribution in [0.25, 0.3) is 0 Å². The normalized spacial score (nSPS) is 12.2. The minimum Gasteiger partial charge on any atom is -0.493 e. The fraction of sp³-hybridized carbons (Fsp3) is 0.538. The number of hydrogen-bond acceptors (Lipinski definition) is 3. The van der Waals surface area contributed by atoms with Gasteiger partial charge in [-0.2, -0.15) is 0 Å². The molecule has 0 amide bonds.